The monoisotopic (exact) mass is 339 g/mol. The Morgan fingerprint density at radius 1 is 1.20 bits per heavy atom. The Labute approximate surface area is 146 Å². The van der Waals surface area contributed by atoms with E-state index in [4.69, 9.17) is 4.74 Å². The van der Waals surface area contributed by atoms with Gasteiger partial charge in [-0.15, -0.1) is 0 Å². The third-order valence-electron chi connectivity index (χ3n) is 3.95. The standard InChI is InChI=1S/C19H21N3O3/c1-14-21-15-7-2-3-8-16(15)22(14)12-6-11-20-19(24)13-25-18-10-5-4-9-17(18)23/h2-5,7-10,23H,6,11-13H2,1H3,(H,20,24). The van der Waals surface area contributed by atoms with Crippen LogP contribution in [0.25, 0.3) is 11.0 Å². The van der Waals surface area contributed by atoms with Gasteiger partial charge in [-0.2, -0.15) is 0 Å². The summed E-state index contributed by atoms with van der Waals surface area (Å²) in [6.07, 6.45) is 0.795. The second kappa shape index (κ2) is 7.70. The van der Waals surface area contributed by atoms with Gasteiger partial charge in [-0.05, 0) is 37.6 Å². The Morgan fingerprint density at radius 2 is 1.96 bits per heavy atom. The molecule has 0 bridgehead atoms. The van der Waals surface area contributed by atoms with E-state index < -0.39 is 0 Å². The number of aromatic nitrogens is 2. The molecule has 3 aromatic rings. The predicted molar refractivity (Wildman–Crippen MR) is 95.7 cm³/mol. The maximum Gasteiger partial charge on any atom is 0.257 e. The van der Waals surface area contributed by atoms with Crippen molar-refractivity contribution in [3.05, 3.63) is 54.4 Å². The minimum atomic E-state index is -0.213. The zero-order valence-corrected chi connectivity index (χ0v) is 14.1. The van der Waals surface area contributed by atoms with Crippen LogP contribution in [-0.2, 0) is 11.3 Å². The van der Waals surface area contributed by atoms with Gasteiger partial charge in [0.25, 0.3) is 5.91 Å². The van der Waals surface area contributed by atoms with Crippen LogP contribution in [0.5, 0.6) is 11.5 Å². The molecule has 0 radical (unpaired) electrons. The number of hydrogen-bond acceptors (Lipinski definition) is 4. The number of nitrogens with one attached hydrogen (secondary N) is 1. The molecule has 1 heterocycles. The lowest BCUT2D eigenvalue weighted by Crippen LogP contribution is -2.30. The van der Waals surface area contributed by atoms with E-state index in [1.54, 1.807) is 18.2 Å². The van der Waals surface area contributed by atoms with Gasteiger partial charge in [0.2, 0.25) is 0 Å². The summed E-state index contributed by atoms with van der Waals surface area (Å²) in [7, 11) is 0. The molecule has 0 unspecified atom stereocenters. The van der Waals surface area contributed by atoms with Gasteiger partial charge in [-0.1, -0.05) is 24.3 Å². The van der Waals surface area contributed by atoms with E-state index in [1.165, 1.54) is 6.07 Å². The number of phenolic OH excluding ortho intramolecular Hbond substituents is 1. The fourth-order valence-electron chi connectivity index (χ4n) is 2.72. The first kappa shape index (κ1) is 16.8. The highest BCUT2D eigenvalue weighted by Crippen LogP contribution is 2.24. The van der Waals surface area contributed by atoms with Crippen molar-refractivity contribution in [1.29, 1.82) is 0 Å². The van der Waals surface area contributed by atoms with Crippen LogP contribution in [0.15, 0.2) is 48.5 Å². The highest BCUT2D eigenvalue weighted by molar-refractivity contribution is 5.77. The molecule has 130 valence electrons. The first-order valence-corrected chi connectivity index (χ1v) is 8.24. The van der Waals surface area contributed by atoms with Crippen LogP contribution in [0.4, 0.5) is 0 Å². The van der Waals surface area contributed by atoms with E-state index in [9.17, 15) is 9.90 Å². The maximum absolute atomic E-state index is 11.8. The van der Waals surface area contributed by atoms with Gasteiger partial charge in [-0.25, -0.2) is 4.98 Å². The van der Waals surface area contributed by atoms with Gasteiger partial charge in [0, 0.05) is 13.1 Å². The fourth-order valence-corrected chi connectivity index (χ4v) is 2.72. The molecule has 1 amide bonds. The minimum Gasteiger partial charge on any atom is -0.504 e. The van der Waals surface area contributed by atoms with E-state index in [0.717, 1.165) is 29.8 Å². The zero-order chi connectivity index (χ0) is 17.6. The normalized spacial score (nSPS) is 10.8. The largest absolute Gasteiger partial charge is 0.504 e. The summed E-state index contributed by atoms with van der Waals surface area (Å²) >= 11 is 0. The molecular formula is C19H21N3O3. The number of nitrogens with zero attached hydrogens (tertiary/aromatic N) is 2. The van der Waals surface area contributed by atoms with Crippen LogP contribution < -0.4 is 10.1 Å². The van der Waals surface area contributed by atoms with Gasteiger partial charge in [-0.3, -0.25) is 4.79 Å². The van der Waals surface area contributed by atoms with Crippen molar-refractivity contribution in [2.45, 2.75) is 19.9 Å². The van der Waals surface area contributed by atoms with E-state index in [1.807, 2.05) is 31.2 Å². The fraction of sp³-hybridized carbons (Fsp3) is 0.263. The molecule has 0 saturated heterocycles. The lowest BCUT2D eigenvalue weighted by atomic mass is 10.3. The number of benzene rings is 2. The Bertz CT molecular complexity index is 873. The number of phenols is 1. The van der Waals surface area contributed by atoms with Crippen molar-refractivity contribution in [2.24, 2.45) is 0 Å². The van der Waals surface area contributed by atoms with E-state index >= 15 is 0 Å². The van der Waals surface area contributed by atoms with Crippen LogP contribution in [0.1, 0.15) is 12.2 Å². The lowest BCUT2D eigenvalue weighted by Gasteiger charge is -2.10. The number of imidazole rings is 1. The van der Waals surface area contributed by atoms with Crippen LogP contribution in [-0.4, -0.2) is 33.7 Å². The van der Waals surface area contributed by atoms with Crippen LogP contribution >= 0.6 is 0 Å². The number of carbonyl (C=O) groups excluding carboxylic acids is 1. The number of aromatic hydroxyl groups is 1. The van der Waals surface area contributed by atoms with Crippen LogP contribution in [0.3, 0.4) is 0 Å². The van der Waals surface area contributed by atoms with Gasteiger partial charge >= 0.3 is 0 Å². The number of hydrogen-bond donors (Lipinski definition) is 2. The van der Waals surface area contributed by atoms with Gasteiger partial charge in [0.15, 0.2) is 18.1 Å². The molecule has 0 saturated carbocycles. The molecule has 0 fully saturated rings. The van der Waals surface area contributed by atoms with E-state index in [-0.39, 0.29) is 18.3 Å². The number of amides is 1. The maximum atomic E-state index is 11.8. The first-order chi connectivity index (χ1) is 12.1. The predicted octanol–water partition coefficient (Wildman–Crippen LogP) is 2.64. The summed E-state index contributed by atoms with van der Waals surface area (Å²) in [6.45, 7) is 3.20. The molecule has 0 aliphatic carbocycles. The number of para-hydroxylation sites is 4. The average Bonchev–Trinajstić information content (AvgIpc) is 2.93. The van der Waals surface area contributed by atoms with Crippen molar-refractivity contribution in [1.82, 2.24) is 14.9 Å². The highest BCUT2D eigenvalue weighted by Gasteiger charge is 2.07. The SMILES string of the molecule is Cc1nc2ccccc2n1CCCNC(=O)COc1ccccc1O. The molecular weight excluding hydrogens is 318 g/mol. The number of rotatable bonds is 7. The molecule has 0 atom stereocenters. The minimum absolute atomic E-state index is 0.0257. The third-order valence-corrected chi connectivity index (χ3v) is 3.95. The second-order valence-electron chi connectivity index (χ2n) is 5.76. The quantitative estimate of drug-likeness (QED) is 0.649. The van der Waals surface area contributed by atoms with Crippen LogP contribution in [0, 0.1) is 6.92 Å². The summed E-state index contributed by atoms with van der Waals surface area (Å²) in [6, 6.07) is 14.6. The van der Waals surface area contributed by atoms with E-state index in [0.29, 0.717) is 12.3 Å². The third kappa shape index (κ3) is 4.09. The molecule has 0 aliphatic heterocycles. The van der Waals surface area contributed by atoms with Crippen molar-refractivity contribution >= 4 is 16.9 Å². The molecule has 0 aliphatic rings. The lowest BCUT2D eigenvalue weighted by molar-refractivity contribution is -0.123. The Kier molecular flexibility index (Phi) is 5.18. The molecule has 6 heteroatoms. The number of carbonyl (C=O) groups is 1. The topological polar surface area (TPSA) is 76.4 Å². The molecule has 3 rings (SSSR count). The van der Waals surface area contributed by atoms with Crippen molar-refractivity contribution in [2.75, 3.05) is 13.2 Å². The molecule has 6 nitrogen and oxygen atoms in total. The average molecular weight is 339 g/mol. The molecule has 1 aromatic heterocycles. The summed E-state index contributed by atoms with van der Waals surface area (Å²) < 4.78 is 7.45. The Balaban J connectivity index is 1.44. The van der Waals surface area contributed by atoms with Gasteiger partial charge in [0.1, 0.15) is 5.82 Å². The van der Waals surface area contributed by atoms with Crippen molar-refractivity contribution < 1.29 is 14.6 Å². The first-order valence-electron chi connectivity index (χ1n) is 8.24. The summed E-state index contributed by atoms with van der Waals surface area (Å²) in [4.78, 5) is 16.4. The highest BCUT2D eigenvalue weighted by atomic mass is 16.5. The van der Waals surface area contributed by atoms with Gasteiger partial charge < -0.3 is 19.7 Å². The van der Waals surface area contributed by atoms with Crippen molar-refractivity contribution in [3.63, 3.8) is 0 Å². The number of ether oxygens (including phenoxy) is 1. The second-order valence-corrected chi connectivity index (χ2v) is 5.76. The summed E-state index contributed by atoms with van der Waals surface area (Å²) in [5, 5.41) is 12.4. The smallest absolute Gasteiger partial charge is 0.257 e. The van der Waals surface area contributed by atoms with E-state index in [2.05, 4.69) is 14.9 Å². The van der Waals surface area contributed by atoms with Gasteiger partial charge in [0.05, 0.1) is 11.0 Å². The molecule has 25 heavy (non-hydrogen) atoms. The van der Waals surface area contributed by atoms with Crippen molar-refractivity contribution in [3.8, 4) is 11.5 Å². The number of fused-ring (bicyclic) bond motifs is 1. The molecule has 2 N–H and O–H groups in total. The zero-order valence-electron chi connectivity index (χ0n) is 14.1. The summed E-state index contributed by atoms with van der Waals surface area (Å²) in [5.41, 5.74) is 2.09. The molecule has 2 aromatic carbocycles. The van der Waals surface area contributed by atoms with Crippen LogP contribution in [0.2, 0.25) is 0 Å². The Morgan fingerprint density at radius 3 is 2.80 bits per heavy atom. The summed E-state index contributed by atoms with van der Waals surface area (Å²) in [5.74, 6) is 1.08. The number of aryl methyl sites for hydroxylation is 2. The Hall–Kier alpha value is -3.02. The molecule has 0 spiro atoms.